The Kier molecular flexibility index (Phi) is 1.68. The maximum atomic E-state index is 5.82. The largest absolute Gasteiger partial charge is 0.369 e. The normalized spacial score (nSPS) is 64.4. The van der Waals surface area contributed by atoms with Gasteiger partial charge >= 0.3 is 0 Å². The molecule has 2 bridgehead atoms. The second-order valence-electron chi connectivity index (χ2n) is 6.51. The van der Waals surface area contributed by atoms with Crippen molar-refractivity contribution in [3.63, 3.8) is 0 Å². The minimum Gasteiger partial charge on any atom is -0.369 e. The predicted molar refractivity (Wildman–Crippen MR) is 59.4 cm³/mol. The van der Waals surface area contributed by atoms with Gasteiger partial charge in [-0.15, -0.1) is 0 Å². The molecule has 3 aliphatic carbocycles. The van der Waals surface area contributed by atoms with Crippen LogP contribution in [0.4, 0.5) is 0 Å². The van der Waals surface area contributed by atoms with Crippen LogP contribution in [0.25, 0.3) is 0 Å². The molecule has 15 heavy (non-hydrogen) atoms. The van der Waals surface area contributed by atoms with Crippen LogP contribution in [0.2, 0.25) is 0 Å². The number of fused-ring (bicyclic) bond motifs is 8. The third-order valence-electron chi connectivity index (χ3n) is 6.07. The van der Waals surface area contributed by atoms with E-state index < -0.39 is 0 Å². The van der Waals surface area contributed by atoms with Crippen LogP contribution < -0.4 is 0 Å². The molecule has 1 nitrogen and oxygen atoms in total. The molecular formula is C14H22O. The molecule has 0 spiro atoms. The summed E-state index contributed by atoms with van der Waals surface area (Å²) >= 11 is 0. The number of rotatable bonds is 2. The molecule has 4 aliphatic rings. The standard InChI is InChI=1S/C14H22O/c1-3-4-8-5-9-10-6-11(12(9)7(8)2)14-13(10)15-14/h7-14H,3-6H2,1-2H3. The summed E-state index contributed by atoms with van der Waals surface area (Å²) in [7, 11) is 0. The highest BCUT2D eigenvalue weighted by Crippen LogP contribution is 2.68. The van der Waals surface area contributed by atoms with Crippen molar-refractivity contribution in [2.24, 2.45) is 35.5 Å². The lowest BCUT2D eigenvalue weighted by molar-refractivity contribution is 0.203. The Balaban J connectivity index is 1.59. The highest BCUT2D eigenvalue weighted by Gasteiger charge is 2.69. The molecule has 0 aromatic heterocycles. The van der Waals surface area contributed by atoms with Crippen molar-refractivity contribution >= 4 is 0 Å². The van der Waals surface area contributed by atoms with Crippen molar-refractivity contribution in [3.05, 3.63) is 0 Å². The van der Waals surface area contributed by atoms with E-state index in [1.54, 1.807) is 0 Å². The monoisotopic (exact) mass is 206 g/mol. The van der Waals surface area contributed by atoms with Crippen LogP contribution in [0, 0.1) is 35.5 Å². The Morgan fingerprint density at radius 2 is 1.87 bits per heavy atom. The first-order valence-corrected chi connectivity index (χ1v) is 6.96. The molecule has 3 saturated carbocycles. The molecule has 1 heteroatoms. The fraction of sp³-hybridized carbons (Fsp3) is 1.00. The van der Waals surface area contributed by atoms with Gasteiger partial charge in [-0.25, -0.2) is 0 Å². The van der Waals surface area contributed by atoms with Gasteiger partial charge in [0.25, 0.3) is 0 Å². The van der Waals surface area contributed by atoms with Gasteiger partial charge in [-0.2, -0.15) is 0 Å². The smallest absolute Gasteiger partial charge is 0.0875 e. The molecule has 0 aromatic carbocycles. The summed E-state index contributed by atoms with van der Waals surface area (Å²) in [6, 6.07) is 0. The Hall–Kier alpha value is -0.0400. The molecule has 1 saturated heterocycles. The Morgan fingerprint density at radius 3 is 2.67 bits per heavy atom. The molecule has 4 fully saturated rings. The van der Waals surface area contributed by atoms with E-state index in [2.05, 4.69) is 13.8 Å². The lowest BCUT2D eigenvalue weighted by Gasteiger charge is -2.25. The van der Waals surface area contributed by atoms with Gasteiger partial charge in [0.2, 0.25) is 0 Å². The summed E-state index contributed by atoms with van der Waals surface area (Å²) in [6.07, 6.45) is 7.36. The van der Waals surface area contributed by atoms with E-state index in [9.17, 15) is 0 Å². The molecule has 84 valence electrons. The zero-order valence-electron chi connectivity index (χ0n) is 9.86. The summed E-state index contributed by atoms with van der Waals surface area (Å²) < 4.78 is 5.82. The zero-order chi connectivity index (χ0) is 10.2. The van der Waals surface area contributed by atoms with Gasteiger partial charge in [-0.05, 0) is 48.3 Å². The van der Waals surface area contributed by atoms with Gasteiger partial charge in [0.15, 0.2) is 0 Å². The van der Waals surface area contributed by atoms with Crippen molar-refractivity contribution in [2.75, 3.05) is 0 Å². The second kappa shape index (κ2) is 2.80. The molecule has 0 amide bonds. The third-order valence-corrected chi connectivity index (χ3v) is 6.07. The first kappa shape index (κ1) is 9.04. The lowest BCUT2D eigenvalue weighted by Crippen LogP contribution is -2.26. The SMILES string of the molecule is CCCC1CC2C3CC(C4OC34)C2C1C. The van der Waals surface area contributed by atoms with Crippen molar-refractivity contribution in [2.45, 2.75) is 51.7 Å². The Labute approximate surface area is 92.6 Å². The van der Waals surface area contributed by atoms with Crippen LogP contribution in [0.15, 0.2) is 0 Å². The molecule has 1 aliphatic heterocycles. The minimum absolute atomic E-state index is 0.721. The maximum Gasteiger partial charge on any atom is 0.0875 e. The van der Waals surface area contributed by atoms with E-state index in [1.165, 1.54) is 25.7 Å². The first-order chi connectivity index (χ1) is 7.31. The van der Waals surface area contributed by atoms with Crippen LogP contribution >= 0.6 is 0 Å². The van der Waals surface area contributed by atoms with E-state index in [-0.39, 0.29) is 0 Å². The van der Waals surface area contributed by atoms with E-state index >= 15 is 0 Å². The molecule has 0 radical (unpaired) electrons. The molecule has 0 aromatic rings. The molecule has 8 unspecified atom stereocenters. The summed E-state index contributed by atoms with van der Waals surface area (Å²) in [5.74, 6) is 6.11. The topological polar surface area (TPSA) is 12.5 Å². The van der Waals surface area contributed by atoms with Crippen LogP contribution in [0.5, 0.6) is 0 Å². The number of ether oxygens (including phenoxy) is 1. The molecule has 8 atom stereocenters. The maximum absolute atomic E-state index is 5.82. The van der Waals surface area contributed by atoms with E-state index in [4.69, 9.17) is 4.74 Å². The van der Waals surface area contributed by atoms with Crippen molar-refractivity contribution in [1.82, 2.24) is 0 Å². The van der Waals surface area contributed by atoms with Crippen molar-refractivity contribution < 1.29 is 4.74 Å². The predicted octanol–water partition coefficient (Wildman–Crippen LogP) is 3.09. The molecule has 0 N–H and O–H groups in total. The highest BCUT2D eigenvalue weighted by atomic mass is 16.6. The van der Waals surface area contributed by atoms with E-state index in [0.717, 1.165) is 47.7 Å². The molecule has 1 heterocycles. The first-order valence-electron chi connectivity index (χ1n) is 6.96. The fourth-order valence-corrected chi connectivity index (χ4v) is 5.55. The van der Waals surface area contributed by atoms with Gasteiger partial charge in [0.05, 0.1) is 12.2 Å². The van der Waals surface area contributed by atoms with E-state index in [0.29, 0.717) is 0 Å². The van der Waals surface area contributed by atoms with Crippen LogP contribution in [0.1, 0.15) is 39.5 Å². The quantitative estimate of drug-likeness (QED) is 0.632. The average molecular weight is 206 g/mol. The summed E-state index contributed by atoms with van der Waals surface area (Å²) in [4.78, 5) is 0. The van der Waals surface area contributed by atoms with Gasteiger partial charge < -0.3 is 4.74 Å². The van der Waals surface area contributed by atoms with Crippen molar-refractivity contribution in [1.29, 1.82) is 0 Å². The van der Waals surface area contributed by atoms with Gasteiger partial charge in [0, 0.05) is 0 Å². The zero-order valence-corrected chi connectivity index (χ0v) is 9.86. The fourth-order valence-electron chi connectivity index (χ4n) is 5.55. The highest BCUT2D eigenvalue weighted by molar-refractivity contribution is 5.17. The lowest BCUT2D eigenvalue weighted by atomic mass is 9.78. The summed E-state index contributed by atoms with van der Waals surface area (Å²) in [6.45, 7) is 4.87. The van der Waals surface area contributed by atoms with Gasteiger partial charge in [-0.3, -0.25) is 0 Å². The third kappa shape index (κ3) is 0.988. The molecule has 4 rings (SSSR count). The van der Waals surface area contributed by atoms with Crippen LogP contribution in [-0.2, 0) is 4.74 Å². The summed E-state index contributed by atoms with van der Waals surface area (Å²) in [5.41, 5.74) is 0. The van der Waals surface area contributed by atoms with E-state index in [1.807, 2.05) is 0 Å². The number of hydrogen-bond donors (Lipinski definition) is 0. The van der Waals surface area contributed by atoms with Crippen molar-refractivity contribution in [3.8, 4) is 0 Å². The number of epoxide rings is 1. The van der Waals surface area contributed by atoms with Crippen LogP contribution in [0.3, 0.4) is 0 Å². The van der Waals surface area contributed by atoms with Gasteiger partial charge in [0.1, 0.15) is 0 Å². The second-order valence-corrected chi connectivity index (χ2v) is 6.51. The van der Waals surface area contributed by atoms with Crippen LogP contribution in [-0.4, -0.2) is 12.2 Å². The average Bonchev–Trinajstić information content (AvgIpc) is 2.71. The Bertz CT molecular complexity index is 287. The molecular weight excluding hydrogens is 184 g/mol. The Morgan fingerprint density at radius 1 is 1.07 bits per heavy atom. The minimum atomic E-state index is 0.721. The van der Waals surface area contributed by atoms with Gasteiger partial charge in [-0.1, -0.05) is 26.7 Å². The summed E-state index contributed by atoms with van der Waals surface area (Å²) in [5, 5.41) is 0. The number of hydrogen-bond acceptors (Lipinski definition) is 1.